The van der Waals surface area contributed by atoms with Crippen molar-refractivity contribution in [3.05, 3.63) is 27.7 Å². The van der Waals surface area contributed by atoms with Crippen LogP contribution >= 0.6 is 27.5 Å². The molecule has 0 radical (unpaired) electrons. The number of carbonyl (C=O) groups excluding carboxylic acids is 1. The molecule has 0 aliphatic heterocycles. The molecule has 0 spiro atoms. The molecule has 2 N–H and O–H groups in total. The van der Waals surface area contributed by atoms with Crippen molar-refractivity contribution in [2.45, 2.75) is 32.7 Å². The minimum absolute atomic E-state index is 0.0230. The van der Waals surface area contributed by atoms with Crippen molar-refractivity contribution in [3.8, 4) is 0 Å². The summed E-state index contributed by atoms with van der Waals surface area (Å²) in [7, 11) is 0. The molecule has 1 aromatic carbocycles. The molecule has 0 bridgehead atoms. The lowest BCUT2D eigenvalue weighted by atomic mass is 10.1. The molecule has 18 heavy (non-hydrogen) atoms. The molecule has 0 saturated heterocycles. The van der Waals surface area contributed by atoms with Crippen molar-refractivity contribution in [3.63, 3.8) is 0 Å². The molecule has 0 aliphatic rings. The average Bonchev–Trinajstić information content (AvgIpc) is 2.21. The number of hydrogen-bond donors (Lipinski definition) is 2. The van der Waals surface area contributed by atoms with E-state index in [2.05, 4.69) is 47.3 Å². The first-order valence-corrected chi connectivity index (χ1v) is 6.95. The van der Waals surface area contributed by atoms with E-state index in [4.69, 9.17) is 11.6 Å². The molecule has 100 valence electrons. The Hall–Kier alpha value is -0.580. The SMILES string of the molecule is CC(C)(C)NCCC(=O)Nc1ccc(Br)c(Cl)c1. The van der Waals surface area contributed by atoms with E-state index in [0.717, 1.165) is 4.47 Å². The van der Waals surface area contributed by atoms with Crippen LogP contribution in [-0.4, -0.2) is 18.0 Å². The van der Waals surface area contributed by atoms with Gasteiger partial charge < -0.3 is 10.6 Å². The minimum Gasteiger partial charge on any atom is -0.326 e. The Labute approximate surface area is 121 Å². The number of amides is 1. The van der Waals surface area contributed by atoms with Gasteiger partial charge in [0.15, 0.2) is 0 Å². The number of halogens is 2. The lowest BCUT2D eigenvalue weighted by molar-refractivity contribution is -0.116. The second-order valence-corrected chi connectivity index (χ2v) is 6.37. The monoisotopic (exact) mass is 332 g/mol. The third-order valence-electron chi connectivity index (χ3n) is 2.21. The second-order valence-electron chi connectivity index (χ2n) is 5.10. The zero-order valence-corrected chi connectivity index (χ0v) is 13.2. The Kier molecular flexibility index (Phi) is 5.63. The number of nitrogens with one attached hydrogen (secondary N) is 2. The maximum absolute atomic E-state index is 11.7. The van der Waals surface area contributed by atoms with Gasteiger partial charge >= 0.3 is 0 Å². The molecule has 0 aliphatic carbocycles. The summed E-state index contributed by atoms with van der Waals surface area (Å²) < 4.78 is 0.816. The van der Waals surface area contributed by atoms with Gasteiger partial charge in [-0.2, -0.15) is 0 Å². The van der Waals surface area contributed by atoms with Crippen LogP contribution in [0.2, 0.25) is 5.02 Å². The minimum atomic E-state index is -0.0230. The Bertz CT molecular complexity index is 429. The number of rotatable bonds is 4. The van der Waals surface area contributed by atoms with Gasteiger partial charge in [-0.3, -0.25) is 4.79 Å². The van der Waals surface area contributed by atoms with Crippen molar-refractivity contribution >= 4 is 39.1 Å². The van der Waals surface area contributed by atoms with E-state index < -0.39 is 0 Å². The van der Waals surface area contributed by atoms with Crippen LogP contribution in [0, 0.1) is 0 Å². The van der Waals surface area contributed by atoms with Gasteiger partial charge in [-0.1, -0.05) is 11.6 Å². The van der Waals surface area contributed by atoms with E-state index >= 15 is 0 Å². The lowest BCUT2D eigenvalue weighted by Gasteiger charge is -2.20. The first-order valence-electron chi connectivity index (χ1n) is 5.78. The lowest BCUT2D eigenvalue weighted by Crippen LogP contribution is -2.37. The summed E-state index contributed by atoms with van der Waals surface area (Å²) in [6.07, 6.45) is 0.435. The second kappa shape index (κ2) is 6.55. The van der Waals surface area contributed by atoms with E-state index in [0.29, 0.717) is 23.7 Å². The van der Waals surface area contributed by atoms with Crippen molar-refractivity contribution in [1.82, 2.24) is 5.32 Å². The number of benzene rings is 1. The highest BCUT2D eigenvalue weighted by atomic mass is 79.9. The Balaban J connectivity index is 2.42. The summed E-state index contributed by atoms with van der Waals surface area (Å²) >= 11 is 9.26. The fourth-order valence-corrected chi connectivity index (χ4v) is 1.78. The maximum atomic E-state index is 11.7. The average molecular weight is 334 g/mol. The molecule has 0 aromatic heterocycles. The van der Waals surface area contributed by atoms with Gasteiger partial charge in [-0.15, -0.1) is 0 Å². The highest BCUT2D eigenvalue weighted by Crippen LogP contribution is 2.25. The molecule has 1 rings (SSSR count). The first kappa shape index (κ1) is 15.5. The zero-order valence-electron chi connectivity index (χ0n) is 10.8. The van der Waals surface area contributed by atoms with Crippen LogP contribution in [0.5, 0.6) is 0 Å². The van der Waals surface area contributed by atoms with Crippen LogP contribution in [0.3, 0.4) is 0 Å². The quantitative estimate of drug-likeness (QED) is 0.879. The summed E-state index contributed by atoms with van der Waals surface area (Å²) in [6, 6.07) is 5.34. The highest BCUT2D eigenvalue weighted by molar-refractivity contribution is 9.10. The zero-order chi connectivity index (χ0) is 13.8. The number of carbonyl (C=O) groups is 1. The van der Waals surface area contributed by atoms with Gasteiger partial charge in [0, 0.05) is 28.7 Å². The Morgan fingerprint density at radius 2 is 2.06 bits per heavy atom. The topological polar surface area (TPSA) is 41.1 Å². The van der Waals surface area contributed by atoms with Crippen molar-refractivity contribution in [2.24, 2.45) is 0 Å². The maximum Gasteiger partial charge on any atom is 0.225 e. The van der Waals surface area contributed by atoms with Gasteiger partial charge in [0.25, 0.3) is 0 Å². The molecule has 0 fully saturated rings. The predicted octanol–water partition coefficient (Wildman–Crippen LogP) is 3.82. The third kappa shape index (κ3) is 5.85. The smallest absolute Gasteiger partial charge is 0.225 e. The van der Waals surface area contributed by atoms with Crippen LogP contribution in [-0.2, 0) is 4.79 Å². The molecule has 0 heterocycles. The molecule has 5 heteroatoms. The fraction of sp³-hybridized carbons (Fsp3) is 0.462. The Morgan fingerprint density at radius 1 is 1.39 bits per heavy atom. The van der Waals surface area contributed by atoms with E-state index in [1.165, 1.54) is 0 Å². The molecule has 0 atom stereocenters. The number of hydrogen-bond acceptors (Lipinski definition) is 2. The largest absolute Gasteiger partial charge is 0.326 e. The standard InChI is InChI=1S/C13H18BrClN2O/c1-13(2,3)16-7-6-12(18)17-9-4-5-10(14)11(15)8-9/h4-5,8,16H,6-7H2,1-3H3,(H,17,18). The first-order chi connectivity index (χ1) is 8.28. The molecular weight excluding hydrogens is 316 g/mol. The predicted molar refractivity (Wildman–Crippen MR) is 80.2 cm³/mol. The molecule has 3 nitrogen and oxygen atoms in total. The summed E-state index contributed by atoms with van der Waals surface area (Å²) in [5.41, 5.74) is 0.741. The molecule has 0 unspecified atom stereocenters. The van der Waals surface area contributed by atoms with Crippen LogP contribution in [0.4, 0.5) is 5.69 Å². The van der Waals surface area contributed by atoms with Crippen molar-refractivity contribution in [1.29, 1.82) is 0 Å². The summed E-state index contributed by atoms with van der Waals surface area (Å²) in [5, 5.41) is 6.66. The van der Waals surface area contributed by atoms with Crippen molar-refractivity contribution in [2.75, 3.05) is 11.9 Å². The fourth-order valence-electron chi connectivity index (χ4n) is 1.35. The van der Waals surface area contributed by atoms with Crippen LogP contribution in [0.1, 0.15) is 27.2 Å². The highest BCUT2D eigenvalue weighted by Gasteiger charge is 2.10. The molecule has 0 saturated carbocycles. The summed E-state index contributed by atoms with van der Waals surface area (Å²) in [6.45, 7) is 6.86. The number of anilines is 1. The van der Waals surface area contributed by atoms with Crippen LogP contribution < -0.4 is 10.6 Å². The van der Waals surface area contributed by atoms with E-state index in [1.54, 1.807) is 6.07 Å². The van der Waals surface area contributed by atoms with E-state index in [-0.39, 0.29) is 11.4 Å². The van der Waals surface area contributed by atoms with E-state index in [9.17, 15) is 4.79 Å². The van der Waals surface area contributed by atoms with Crippen LogP contribution in [0.15, 0.2) is 22.7 Å². The van der Waals surface area contributed by atoms with Crippen LogP contribution in [0.25, 0.3) is 0 Å². The van der Waals surface area contributed by atoms with Crippen molar-refractivity contribution < 1.29 is 4.79 Å². The summed E-state index contributed by atoms with van der Waals surface area (Å²) in [5.74, 6) is -0.0230. The van der Waals surface area contributed by atoms with Gasteiger partial charge in [0.2, 0.25) is 5.91 Å². The van der Waals surface area contributed by atoms with Gasteiger partial charge in [-0.05, 0) is 54.9 Å². The molecule has 1 aromatic rings. The van der Waals surface area contributed by atoms with Gasteiger partial charge in [0.05, 0.1) is 5.02 Å². The molecule has 1 amide bonds. The Morgan fingerprint density at radius 3 is 2.61 bits per heavy atom. The molecular formula is C13H18BrClN2O. The van der Waals surface area contributed by atoms with Gasteiger partial charge in [-0.25, -0.2) is 0 Å². The normalized spacial score (nSPS) is 11.4. The summed E-state index contributed by atoms with van der Waals surface area (Å²) in [4.78, 5) is 11.7. The van der Waals surface area contributed by atoms with E-state index in [1.807, 2.05) is 12.1 Å². The van der Waals surface area contributed by atoms with Gasteiger partial charge in [0.1, 0.15) is 0 Å². The third-order valence-corrected chi connectivity index (χ3v) is 3.44.